The number of anilines is 1. The van der Waals surface area contributed by atoms with Crippen molar-refractivity contribution in [1.29, 1.82) is 0 Å². The Morgan fingerprint density at radius 2 is 1.72 bits per heavy atom. The number of pyridine rings is 1. The van der Waals surface area contributed by atoms with Crippen LogP contribution in [0.4, 0.5) is 18.9 Å². The van der Waals surface area contributed by atoms with Gasteiger partial charge in [0, 0.05) is 23.6 Å². The number of aromatic nitrogens is 1. The fourth-order valence-electron chi connectivity index (χ4n) is 5.41. The predicted octanol–water partition coefficient (Wildman–Crippen LogP) is 7.64. The van der Waals surface area contributed by atoms with Crippen molar-refractivity contribution in [2.45, 2.75) is 64.5 Å². The minimum atomic E-state index is -4.48. The van der Waals surface area contributed by atoms with E-state index >= 15 is 0 Å². The van der Waals surface area contributed by atoms with Crippen LogP contribution in [0.1, 0.15) is 67.2 Å². The molecule has 3 aromatic rings. The third-order valence-corrected chi connectivity index (χ3v) is 7.72. The van der Waals surface area contributed by atoms with Crippen molar-refractivity contribution >= 4 is 17.6 Å². The van der Waals surface area contributed by atoms with Crippen LogP contribution in [0.2, 0.25) is 0 Å². The lowest BCUT2D eigenvalue weighted by atomic mass is 9.76. The molecule has 1 amide bonds. The predicted molar refractivity (Wildman–Crippen MR) is 144 cm³/mol. The number of rotatable bonds is 8. The maximum absolute atomic E-state index is 13.8. The van der Waals surface area contributed by atoms with Crippen LogP contribution in [0.25, 0.3) is 11.1 Å². The fourth-order valence-corrected chi connectivity index (χ4v) is 5.41. The number of carboxylic acids is 1. The number of aliphatic carboxylic acids is 1. The normalized spacial score (nSPS) is 15.9. The number of carbonyl (C=O) groups excluding carboxylic acids is 1. The molecule has 0 radical (unpaired) electrons. The molecule has 1 aliphatic rings. The van der Waals surface area contributed by atoms with Crippen molar-refractivity contribution < 1.29 is 27.9 Å². The van der Waals surface area contributed by atoms with E-state index in [1.54, 1.807) is 19.1 Å². The first kappa shape index (κ1) is 28.3. The third-order valence-electron chi connectivity index (χ3n) is 7.72. The summed E-state index contributed by atoms with van der Waals surface area (Å²) >= 11 is 0. The van der Waals surface area contributed by atoms with Crippen LogP contribution >= 0.6 is 0 Å². The molecule has 1 saturated carbocycles. The summed E-state index contributed by atoms with van der Waals surface area (Å²) in [4.78, 5) is 28.9. The minimum absolute atomic E-state index is 0.137. The Hall–Kier alpha value is -3.68. The summed E-state index contributed by atoms with van der Waals surface area (Å²) in [6, 6.07) is 13.7. The van der Waals surface area contributed by atoms with Gasteiger partial charge < -0.3 is 10.4 Å². The van der Waals surface area contributed by atoms with E-state index in [4.69, 9.17) is 0 Å². The van der Waals surface area contributed by atoms with Crippen molar-refractivity contribution in [3.05, 3.63) is 83.2 Å². The van der Waals surface area contributed by atoms with E-state index in [-0.39, 0.29) is 11.8 Å². The van der Waals surface area contributed by atoms with Crippen molar-refractivity contribution in [2.75, 3.05) is 5.32 Å². The van der Waals surface area contributed by atoms with E-state index < -0.39 is 29.5 Å². The number of alkyl halides is 3. The molecule has 0 saturated heterocycles. The van der Waals surface area contributed by atoms with Gasteiger partial charge in [-0.1, -0.05) is 62.6 Å². The average Bonchev–Trinajstić information content (AvgIpc) is 2.91. The molecule has 1 fully saturated rings. The Bertz CT molecular complexity index is 1320. The first-order valence-electron chi connectivity index (χ1n) is 13.3. The van der Waals surface area contributed by atoms with Crippen molar-refractivity contribution in [3.8, 4) is 11.1 Å². The van der Waals surface area contributed by atoms with Crippen LogP contribution < -0.4 is 5.32 Å². The molecule has 206 valence electrons. The Morgan fingerprint density at radius 3 is 2.36 bits per heavy atom. The van der Waals surface area contributed by atoms with Gasteiger partial charge in [0.2, 0.25) is 5.91 Å². The second-order valence-electron chi connectivity index (χ2n) is 10.5. The molecule has 4 rings (SSSR count). The number of hydrogen-bond donors (Lipinski definition) is 2. The van der Waals surface area contributed by atoms with Gasteiger partial charge in [-0.3, -0.25) is 14.6 Å². The highest BCUT2D eigenvalue weighted by Crippen LogP contribution is 2.38. The molecule has 8 heteroatoms. The van der Waals surface area contributed by atoms with Crippen LogP contribution in [-0.4, -0.2) is 22.0 Å². The molecular weight excluding hydrogens is 505 g/mol. The number of hydrogen-bond acceptors (Lipinski definition) is 3. The molecule has 5 nitrogen and oxygen atoms in total. The van der Waals surface area contributed by atoms with Crippen LogP contribution in [0.15, 0.2) is 60.9 Å². The van der Waals surface area contributed by atoms with Gasteiger partial charge in [-0.25, -0.2) is 0 Å². The molecule has 2 unspecified atom stereocenters. The second-order valence-corrected chi connectivity index (χ2v) is 10.5. The van der Waals surface area contributed by atoms with Gasteiger partial charge in [0.05, 0.1) is 17.4 Å². The maximum Gasteiger partial charge on any atom is 0.417 e. The zero-order valence-electron chi connectivity index (χ0n) is 22.1. The Balaban J connectivity index is 1.61. The maximum atomic E-state index is 13.8. The van der Waals surface area contributed by atoms with Gasteiger partial charge in [-0.2, -0.15) is 13.2 Å². The van der Waals surface area contributed by atoms with E-state index in [2.05, 4.69) is 10.3 Å². The summed E-state index contributed by atoms with van der Waals surface area (Å²) in [6.07, 6.45) is 3.16. The lowest BCUT2D eigenvalue weighted by Crippen LogP contribution is -2.29. The van der Waals surface area contributed by atoms with E-state index in [1.807, 2.05) is 37.3 Å². The molecule has 1 aliphatic carbocycles. The molecule has 0 spiro atoms. The molecule has 39 heavy (non-hydrogen) atoms. The Morgan fingerprint density at radius 1 is 1.03 bits per heavy atom. The minimum Gasteiger partial charge on any atom is -0.481 e. The molecule has 2 aromatic carbocycles. The zero-order chi connectivity index (χ0) is 28.2. The number of benzene rings is 2. The Kier molecular flexibility index (Phi) is 8.73. The van der Waals surface area contributed by atoms with Gasteiger partial charge in [-0.15, -0.1) is 0 Å². The number of nitrogens with one attached hydrogen (secondary N) is 1. The lowest BCUT2D eigenvalue weighted by Gasteiger charge is -2.30. The number of carbonyl (C=O) groups is 2. The van der Waals surface area contributed by atoms with Gasteiger partial charge in [0.25, 0.3) is 0 Å². The summed E-state index contributed by atoms with van der Waals surface area (Å²) in [5.41, 5.74) is 3.33. The summed E-state index contributed by atoms with van der Waals surface area (Å²) in [5.74, 6) is -1.82. The first-order valence-corrected chi connectivity index (χ1v) is 13.3. The monoisotopic (exact) mass is 538 g/mol. The van der Waals surface area contributed by atoms with Crippen LogP contribution in [0.3, 0.4) is 0 Å². The van der Waals surface area contributed by atoms with E-state index in [9.17, 15) is 27.9 Å². The van der Waals surface area contributed by atoms with Gasteiger partial charge in [-0.05, 0) is 66.5 Å². The summed E-state index contributed by atoms with van der Waals surface area (Å²) in [7, 11) is 0. The molecule has 2 atom stereocenters. The van der Waals surface area contributed by atoms with Crippen LogP contribution in [0, 0.1) is 18.8 Å². The second kappa shape index (κ2) is 12.0. The van der Waals surface area contributed by atoms with E-state index in [0.717, 1.165) is 61.1 Å². The largest absolute Gasteiger partial charge is 0.481 e. The fraction of sp³-hybridized carbons (Fsp3) is 0.387. The number of amides is 1. The zero-order valence-corrected chi connectivity index (χ0v) is 22.1. The molecule has 0 aliphatic heterocycles. The van der Waals surface area contributed by atoms with Crippen molar-refractivity contribution in [2.24, 2.45) is 11.8 Å². The van der Waals surface area contributed by atoms with Crippen LogP contribution in [-0.2, 0) is 22.2 Å². The quantitative estimate of drug-likeness (QED) is 0.309. The average molecular weight is 539 g/mol. The molecule has 1 aromatic heterocycles. The smallest absolute Gasteiger partial charge is 0.417 e. The van der Waals surface area contributed by atoms with E-state index in [0.29, 0.717) is 23.2 Å². The molecule has 2 N–H and O–H groups in total. The highest BCUT2D eigenvalue weighted by molar-refractivity contribution is 5.97. The SMILES string of the molecule is Cc1c(CC(C)C(=O)O)cccc1NC(=O)C(c1ccc(-c2cncc(C(F)(F)F)c2)cc1)C1CCCCC1. The lowest BCUT2D eigenvalue weighted by molar-refractivity contribution is -0.141. The summed E-state index contributed by atoms with van der Waals surface area (Å²) in [6.45, 7) is 3.54. The highest BCUT2D eigenvalue weighted by atomic mass is 19.4. The third kappa shape index (κ3) is 6.85. The number of halogens is 3. The standard InChI is InChI=1S/C31H33F3N2O3/c1-19(30(38)39)15-24-9-6-10-27(20(24)2)36-29(37)28(22-7-4-3-5-8-22)23-13-11-21(12-14-23)25-16-26(18-35-17-25)31(32,33)34/h6,9-14,16-19,22,28H,3-5,7-8,15H2,1-2H3,(H,36,37)(H,38,39). The van der Waals surface area contributed by atoms with E-state index in [1.165, 1.54) is 6.20 Å². The van der Waals surface area contributed by atoms with Gasteiger partial charge >= 0.3 is 12.1 Å². The molecule has 0 bridgehead atoms. The van der Waals surface area contributed by atoms with Crippen molar-refractivity contribution in [1.82, 2.24) is 4.98 Å². The molecule has 1 heterocycles. The summed E-state index contributed by atoms with van der Waals surface area (Å²) < 4.78 is 39.5. The number of carboxylic acid groups (broad SMARTS) is 1. The van der Waals surface area contributed by atoms with Gasteiger partial charge in [0.1, 0.15) is 0 Å². The number of nitrogens with zero attached hydrogens (tertiary/aromatic N) is 1. The van der Waals surface area contributed by atoms with Crippen molar-refractivity contribution in [3.63, 3.8) is 0 Å². The highest BCUT2D eigenvalue weighted by Gasteiger charge is 2.32. The topological polar surface area (TPSA) is 79.3 Å². The van der Waals surface area contributed by atoms with Crippen LogP contribution in [0.5, 0.6) is 0 Å². The summed E-state index contributed by atoms with van der Waals surface area (Å²) in [5, 5.41) is 12.4. The Labute approximate surface area is 226 Å². The molecular formula is C31H33F3N2O3. The van der Waals surface area contributed by atoms with Gasteiger partial charge in [0.15, 0.2) is 0 Å². The first-order chi connectivity index (χ1) is 18.5.